The maximum Gasteiger partial charge on any atom is 0.349 e. The SMILES string of the molecule is [2H]c1cc(C(F)(F)C(=O)N([2H])Cc2ccc3c(c2)CN(C2CCC(=O)NC2=O)C3=O)c([2H])c([2H])c1Cl. The fraction of sp³-hybridized carbons (Fsp3) is 0.273. The van der Waals surface area contributed by atoms with Crippen LogP contribution in [-0.4, -0.2) is 34.6 Å². The van der Waals surface area contributed by atoms with Crippen LogP contribution in [0, 0.1) is 0 Å². The van der Waals surface area contributed by atoms with E-state index in [2.05, 4.69) is 5.32 Å². The van der Waals surface area contributed by atoms with E-state index in [-0.39, 0.29) is 35.8 Å². The zero-order valence-corrected chi connectivity index (χ0v) is 17.1. The summed E-state index contributed by atoms with van der Waals surface area (Å²) in [6.45, 7) is -0.557. The Morgan fingerprint density at radius 1 is 1.28 bits per heavy atom. The Morgan fingerprint density at radius 2 is 2.06 bits per heavy atom. The number of alkyl halides is 2. The highest BCUT2D eigenvalue weighted by molar-refractivity contribution is 6.30. The van der Waals surface area contributed by atoms with Gasteiger partial charge in [-0.05, 0) is 35.7 Å². The van der Waals surface area contributed by atoms with Crippen LogP contribution >= 0.6 is 11.6 Å². The summed E-state index contributed by atoms with van der Waals surface area (Å²) in [5.74, 6) is -7.78. The number of rotatable bonds is 5. The molecule has 2 heterocycles. The molecule has 2 aliphatic heterocycles. The summed E-state index contributed by atoms with van der Waals surface area (Å²) < 4.78 is 60.6. The number of benzene rings is 2. The summed E-state index contributed by atoms with van der Waals surface area (Å²) in [5.41, 5.74) is -0.194. The molecular weight excluding hydrogens is 444 g/mol. The van der Waals surface area contributed by atoms with Crippen LogP contribution in [0.3, 0.4) is 0 Å². The summed E-state index contributed by atoms with van der Waals surface area (Å²) in [5, 5.41) is 1.68. The third-order valence-corrected chi connectivity index (χ3v) is 5.45. The predicted octanol–water partition coefficient (Wildman–Crippen LogP) is 2.51. The fourth-order valence-corrected chi connectivity index (χ4v) is 3.70. The van der Waals surface area contributed by atoms with E-state index >= 15 is 0 Å². The van der Waals surface area contributed by atoms with Crippen LogP contribution in [0.4, 0.5) is 8.78 Å². The molecule has 2 aliphatic rings. The molecule has 1 fully saturated rings. The Hall–Kier alpha value is -3.33. The minimum absolute atomic E-state index is 0.00224. The van der Waals surface area contributed by atoms with Gasteiger partial charge < -0.3 is 10.2 Å². The van der Waals surface area contributed by atoms with E-state index in [1.165, 1.54) is 23.1 Å². The first kappa shape index (κ1) is 17.3. The van der Waals surface area contributed by atoms with Gasteiger partial charge >= 0.3 is 5.92 Å². The number of hydrogen-bond donors (Lipinski definition) is 2. The first-order chi connectivity index (χ1) is 16.8. The smallest absolute Gasteiger partial charge is 0.346 e. The molecular formula is C22H18ClF2N3O4. The second kappa shape index (κ2) is 8.31. The first-order valence-electron chi connectivity index (χ1n) is 11.5. The van der Waals surface area contributed by atoms with Gasteiger partial charge in [-0.2, -0.15) is 8.78 Å². The van der Waals surface area contributed by atoms with Crippen LogP contribution < -0.4 is 10.6 Å². The number of imide groups is 1. The van der Waals surface area contributed by atoms with E-state index in [0.717, 1.165) is 0 Å². The van der Waals surface area contributed by atoms with Crippen LogP contribution in [0.25, 0.3) is 0 Å². The summed E-state index contributed by atoms with van der Waals surface area (Å²) in [4.78, 5) is 50.1. The van der Waals surface area contributed by atoms with Crippen LogP contribution in [-0.2, 0) is 33.4 Å². The molecule has 32 heavy (non-hydrogen) atoms. The van der Waals surface area contributed by atoms with E-state index in [1.54, 1.807) is 0 Å². The number of halogens is 3. The topological polar surface area (TPSA) is 95.6 Å². The number of fused-ring (bicyclic) bond motifs is 1. The summed E-state index contributed by atoms with van der Waals surface area (Å²) in [6, 6.07) is 1.46. The van der Waals surface area contributed by atoms with Gasteiger partial charge in [0, 0.05) is 35.7 Å². The lowest BCUT2D eigenvalue weighted by Crippen LogP contribution is -2.52. The standard InChI is InChI=1S/C22H18ClF2N3O4/c23-15-4-2-14(3-5-15)22(24,25)21(32)26-10-12-1-6-16-13(9-12)11-28(20(16)31)17-7-8-18(29)27-19(17)30/h1-6,9,17H,7-8,10-11H2,(H,26,32)(H,27,29,30)/i2D,4D,5D/hD. The van der Waals surface area contributed by atoms with Crippen molar-refractivity contribution in [2.24, 2.45) is 0 Å². The summed E-state index contributed by atoms with van der Waals surface area (Å²) >= 11 is 5.65. The van der Waals surface area contributed by atoms with Crippen LogP contribution in [0.5, 0.6) is 0 Å². The van der Waals surface area contributed by atoms with Gasteiger partial charge in [-0.15, -0.1) is 0 Å². The lowest BCUT2D eigenvalue weighted by atomic mass is 10.0. The number of carbonyl (C=O) groups excluding carboxylic acids is 4. The second-order valence-electron chi connectivity index (χ2n) is 7.35. The molecule has 0 spiro atoms. The number of piperidine rings is 1. The summed E-state index contributed by atoms with van der Waals surface area (Å²) in [6.07, 6.45) is 0.257. The van der Waals surface area contributed by atoms with Crippen molar-refractivity contribution in [2.75, 3.05) is 0 Å². The van der Waals surface area contributed by atoms with E-state index < -0.39 is 70.9 Å². The molecule has 2 N–H and O–H groups in total. The fourth-order valence-electron chi connectivity index (χ4n) is 3.60. The van der Waals surface area contributed by atoms with Gasteiger partial charge in [0.2, 0.25) is 11.8 Å². The largest absolute Gasteiger partial charge is 0.349 e. The Labute approximate surface area is 192 Å². The Kier molecular flexibility index (Phi) is 4.48. The first-order valence-corrected chi connectivity index (χ1v) is 9.92. The van der Waals surface area contributed by atoms with Crippen LogP contribution in [0.15, 0.2) is 42.4 Å². The molecule has 0 aliphatic carbocycles. The Bertz CT molecular complexity index is 1330. The average molecular weight is 466 g/mol. The van der Waals surface area contributed by atoms with Gasteiger partial charge in [-0.1, -0.05) is 35.8 Å². The number of carbonyl (C=O) groups is 4. The van der Waals surface area contributed by atoms with Crippen molar-refractivity contribution in [2.45, 2.75) is 37.9 Å². The summed E-state index contributed by atoms with van der Waals surface area (Å²) in [7, 11) is 0. The molecule has 1 unspecified atom stereocenters. The molecule has 7 nitrogen and oxygen atoms in total. The van der Waals surface area contributed by atoms with Crippen LogP contribution in [0.2, 0.25) is 6.43 Å². The minimum atomic E-state index is -4.37. The zero-order chi connectivity index (χ0) is 26.5. The maximum atomic E-state index is 14.9. The molecule has 0 radical (unpaired) electrons. The quantitative estimate of drug-likeness (QED) is 0.663. The molecule has 1 atom stereocenters. The third kappa shape index (κ3) is 4.08. The molecule has 2 aromatic carbocycles. The number of nitrogens with zero attached hydrogens (tertiary/aromatic N) is 1. The second-order valence-corrected chi connectivity index (χ2v) is 7.73. The molecule has 0 bridgehead atoms. The van der Waals surface area contributed by atoms with Gasteiger partial charge in [0.25, 0.3) is 11.8 Å². The molecule has 1 saturated heterocycles. The predicted molar refractivity (Wildman–Crippen MR) is 110 cm³/mol. The van der Waals surface area contributed by atoms with Gasteiger partial charge in [0.1, 0.15) is 6.04 Å². The highest BCUT2D eigenvalue weighted by Gasteiger charge is 2.41. The van der Waals surface area contributed by atoms with Gasteiger partial charge in [-0.25, -0.2) is 0 Å². The lowest BCUT2D eigenvalue weighted by molar-refractivity contribution is -0.147. The highest BCUT2D eigenvalue weighted by Crippen LogP contribution is 2.30. The Balaban J connectivity index is 1.52. The number of amides is 4. The van der Waals surface area contributed by atoms with Crippen LogP contribution in [0.1, 0.15) is 44.0 Å². The van der Waals surface area contributed by atoms with Crippen molar-refractivity contribution in [1.82, 2.24) is 15.5 Å². The molecule has 4 rings (SSSR count). The number of hydrogen-bond acceptors (Lipinski definition) is 4. The van der Waals surface area contributed by atoms with Gasteiger partial charge in [-0.3, -0.25) is 24.5 Å². The monoisotopic (exact) mass is 465 g/mol. The van der Waals surface area contributed by atoms with E-state index in [0.29, 0.717) is 11.6 Å². The van der Waals surface area contributed by atoms with Crippen molar-refractivity contribution < 1.29 is 33.5 Å². The van der Waals surface area contributed by atoms with Gasteiger partial charge in [0.05, 0.1) is 4.11 Å². The van der Waals surface area contributed by atoms with E-state index in [4.69, 9.17) is 17.1 Å². The molecule has 0 saturated carbocycles. The van der Waals surface area contributed by atoms with E-state index in [9.17, 15) is 28.0 Å². The molecule has 0 aromatic heterocycles. The highest BCUT2D eigenvalue weighted by atomic mass is 35.5. The van der Waals surface area contributed by atoms with E-state index in [1.807, 2.05) is 0 Å². The molecule has 10 heteroatoms. The normalized spacial score (nSPS) is 20.2. The van der Waals surface area contributed by atoms with Gasteiger partial charge in [0.15, 0.2) is 1.41 Å². The molecule has 2 aromatic rings. The van der Waals surface area contributed by atoms with Crippen molar-refractivity contribution in [3.63, 3.8) is 0 Å². The third-order valence-electron chi connectivity index (χ3n) is 5.25. The zero-order valence-electron chi connectivity index (χ0n) is 20.4. The van der Waals surface area contributed by atoms with Crippen molar-refractivity contribution in [1.29, 1.82) is 0 Å². The van der Waals surface area contributed by atoms with Crippen molar-refractivity contribution >= 4 is 35.2 Å². The van der Waals surface area contributed by atoms with Crippen molar-refractivity contribution in [3.8, 4) is 0 Å². The molecule has 4 amide bonds. The minimum Gasteiger partial charge on any atom is -0.346 e. The lowest BCUT2D eigenvalue weighted by Gasteiger charge is -2.29. The Morgan fingerprint density at radius 3 is 2.81 bits per heavy atom. The van der Waals surface area contributed by atoms with Crippen molar-refractivity contribution in [3.05, 3.63) is 69.7 Å². The average Bonchev–Trinajstić information content (AvgIpc) is 3.14. The maximum absolute atomic E-state index is 14.9. The number of nitrogens with one attached hydrogen (secondary N) is 2. The molecule has 166 valence electrons.